The molecule has 1 heterocycles. The number of carbonyl (C=O) groups excluding carboxylic acids is 1. The average Bonchev–Trinajstić information content (AvgIpc) is 2.65. The SMILES string of the molecule is C[C@@H]1CN(c2cccc([C@@H](C)NC(=O)C=Cc3cc(F)cc(F)c3)c2)C[C@H](C)O1. The minimum atomic E-state index is -0.679. The molecule has 0 aliphatic carbocycles. The monoisotopic (exact) mass is 400 g/mol. The molecular weight excluding hydrogens is 374 g/mol. The molecular formula is C23H26F2N2O2. The van der Waals surface area contributed by atoms with Crippen LogP contribution in [0.25, 0.3) is 6.08 Å². The van der Waals surface area contributed by atoms with Crippen molar-refractivity contribution in [1.82, 2.24) is 5.32 Å². The number of nitrogens with zero attached hydrogens (tertiary/aromatic N) is 1. The zero-order chi connectivity index (χ0) is 21.0. The first-order valence-corrected chi connectivity index (χ1v) is 9.75. The highest BCUT2D eigenvalue weighted by molar-refractivity contribution is 5.92. The van der Waals surface area contributed by atoms with Gasteiger partial charge in [0, 0.05) is 30.9 Å². The molecule has 0 bridgehead atoms. The first-order valence-electron chi connectivity index (χ1n) is 9.75. The highest BCUT2D eigenvalue weighted by atomic mass is 19.1. The molecule has 2 aromatic rings. The molecule has 0 radical (unpaired) electrons. The summed E-state index contributed by atoms with van der Waals surface area (Å²) in [6, 6.07) is 11.0. The van der Waals surface area contributed by atoms with Crippen LogP contribution >= 0.6 is 0 Å². The summed E-state index contributed by atoms with van der Waals surface area (Å²) < 4.78 is 32.3. The van der Waals surface area contributed by atoms with E-state index in [1.807, 2.05) is 19.1 Å². The van der Waals surface area contributed by atoms with Crippen LogP contribution in [0.1, 0.15) is 37.9 Å². The molecule has 6 heteroatoms. The maximum absolute atomic E-state index is 13.2. The summed E-state index contributed by atoms with van der Waals surface area (Å²) in [6.45, 7) is 7.67. The second-order valence-electron chi connectivity index (χ2n) is 7.52. The zero-order valence-electron chi connectivity index (χ0n) is 16.9. The first kappa shape index (κ1) is 21.0. The van der Waals surface area contributed by atoms with Crippen LogP contribution in [-0.2, 0) is 9.53 Å². The number of rotatable bonds is 5. The van der Waals surface area contributed by atoms with E-state index in [0.29, 0.717) is 5.56 Å². The second-order valence-corrected chi connectivity index (χ2v) is 7.52. The van der Waals surface area contributed by atoms with Crippen molar-refractivity contribution >= 4 is 17.7 Å². The van der Waals surface area contributed by atoms with Crippen LogP contribution in [0, 0.1) is 11.6 Å². The van der Waals surface area contributed by atoms with E-state index in [1.54, 1.807) is 0 Å². The topological polar surface area (TPSA) is 41.6 Å². The quantitative estimate of drug-likeness (QED) is 0.753. The van der Waals surface area contributed by atoms with Gasteiger partial charge in [-0.1, -0.05) is 12.1 Å². The lowest BCUT2D eigenvalue weighted by molar-refractivity contribution is -0.117. The van der Waals surface area contributed by atoms with Gasteiger partial charge in [0.15, 0.2) is 0 Å². The van der Waals surface area contributed by atoms with Crippen LogP contribution in [0.4, 0.5) is 14.5 Å². The van der Waals surface area contributed by atoms with E-state index < -0.39 is 11.6 Å². The number of halogens is 2. The molecule has 1 fully saturated rings. The van der Waals surface area contributed by atoms with Gasteiger partial charge in [-0.2, -0.15) is 0 Å². The number of amides is 1. The van der Waals surface area contributed by atoms with E-state index in [4.69, 9.17) is 4.74 Å². The van der Waals surface area contributed by atoms with Gasteiger partial charge in [0.1, 0.15) is 11.6 Å². The Bertz CT molecular complexity index is 870. The summed E-state index contributed by atoms with van der Waals surface area (Å²) in [7, 11) is 0. The number of anilines is 1. The Kier molecular flexibility index (Phi) is 6.64. The Morgan fingerprint density at radius 1 is 1.14 bits per heavy atom. The van der Waals surface area contributed by atoms with Gasteiger partial charge >= 0.3 is 0 Å². The minimum Gasteiger partial charge on any atom is -0.372 e. The standard InChI is InChI=1S/C23H26F2N2O2/c1-15-13-27(14-16(2)29-15)22-6-4-5-19(11-22)17(3)26-23(28)8-7-18-9-20(24)12-21(25)10-18/h4-12,15-17H,13-14H2,1-3H3,(H,26,28)/t15-,16+,17-/m1/s1. The highest BCUT2D eigenvalue weighted by Gasteiger charge is 2.22. The summed E-state index contributed by atoms with van der Waals surface area (Å²) in [5.74, 6) is -1.69. The first-order chi connectivity index (χ1) is 13.8. The predicted octanol–water partition coefficient (Wildman–Crippen LogP) is 4.47. The van der Waals surface area contributed by atoms with Crippen molar-refractivity contribution in [3.63, 3.8) is 0 Å². The van der Waals surface area contributed by atoms with Crippen molar-refractivity contribution in [2.75, 3.05) is 18.0 Å². The lowest BCUT2D eigenvalue weighted by Gasteiger charge is -2.37. The summed E-state index contributed by atoms with van der Waals surface area (Å²) in [5.41, 5.74) is 2.37. The molecule has 1 saturated heterocycles. The molecule has 3 rings (SSSR count). The van der Waals surface area contributed by atoms with Crippen LogP contribution < -0.4 is 10.2 Å². The van der Waals surface area contributed by atoms with Gasteiger partial charge < -0.3 is 15.0 Å². The number of hydrogen-bond donors (Lipinski definition) is 1. The van der Waals surface area contributed by atoms with Crippen LogP contribution in [0.2, 0.25) is 0 Å². The van der Waals surface area contributed by atoms with Crippen LogP contribution in [0.15, 0.2) is 48.5 Å². The predicted molar refractivity (Wildman–Crippen MR) is 111 cm³/mol. The van der Waals surface area contributed by atoms with Crippen molar-refractivity contribution in [1.29, 1.82) is 0 Å². The van der Waals surface area contributed by atoms with Gasteiger partial charge in [-0.25, -0.2) is 8.78 Å². The molecule has 0 saturated carbocycles. The summed E-state index contributed by atoms with van der Waals surface area (Å²) >= 11 is 0. The fourth-order valence-electron chi connectivity index (χ4n) is 3.57. The van der Waals surface area contributed by atoms with E-state index in [9.17, 15) is 13.6 Å². The van der Waals surface area contributed by atoms with E-state index in [1.165, 1.54) is 24.3 Å². The maximum Gasteiger partial charge on any atom is 0.244 e. The van der Waals surface area contributed by atoms with Gasteiger partial charge in [0.2, 0.25) is 5.91 Å². The Balaban J connectivity index is 1.65. The highest BCUT2D eigenvalue weighted by Crippen LogP contribution is 2.24. The van der Waals surface area contributed by atoms with Gasteiger partial charge in [-0.05, 0) is 62.2 Å². The number of carbonyl (C=O) groups is 1. The normalized spacial score (nSPS) is 20.7. The van der Waals surface area contributed by atoms with Crippen LogP contribution in [0.3, 0.4) is 0 Å². The van der Waals surface area contributed by atoms with Gasteiger partial charge in [0.25, 0.3) is 0 Å². The molecule has 1 aliphatic heterocycles. The van der Waals surface area contributed by atoms with E-state index >= 15 is 0 Å². The van der Waals surface area contributed by atoms with Crippen LogP contribution in [0.5, 0.6) is 0 Å². The molecule has 2 aromatic carbocycles. The second kappa shape index (κ2) is 9.18. The number of ether oxygens (including phenoxy) is 1. The fourth-order valence-corrected chi connectivity index (χ4v) is 3.57. The molecule has 1 N–H and O–H groups in total. The molecule has 4 nitrogen and oxygen atoms in total. The molecule has 154 valence electrons. The molecule has 0 aromatic heterocycles. The Hall–Kier alpha value is -2.73. The molecule has 0 spiro atoms. The van der Waals surface area contributed by atoms with E-state index in [0.717, 1.165) is 30.4 Å². The van der Waals surface area contributed by atoms with Crippen LogP contribution in [-0.4, -0.2) is 31.2 Å². The van der Waals surface area contributed by atoms with Gasteiger partial charge in [-0.3, -0.25) is 4.79 Å². The molecule has 0 unspecified atom stereocenters. The lowest BCUT2D eigenvalue weighted by atomic mass is 10.1. The Morgan fingerprint density at radius 2 is 1.79 bits per heavy atom. The average molecular weight is 400 g/mol. The smallest absolute Gasteiger partial charge is 0.244 e. The number of morpholine rings is 1. The number of hydrogen-bond acceptors (Lipinski definition) is 3. The largest absolute Gasteiger partial charge is 0.372 e. The van der Waals surface area contributed by atoms with Crippen molar-refractivity contribution in [3.05, 3.63) is 71.3 Å². The van der Waals surface area contributed by atoms with Crippen molar-refractivity contribution in [2.45, 2.75) is 39.0 Å². The molecule has 1 amide bonds. The summed E-state index contributed by atoms with van der Waals surface area (Å²) in [4.78, 5) is 14.5. The number of benzene rings is 2. The third-order valence-electron chi connectivity index (χ3n) is 4.83. The molecule has 3 atom stereocenters. The Labute approximate surface area is 170 Å². The summed E-state index contributed by atoms with van der Waals surface area (Å²) in [6.07, 6.45) is 3.00. The van der Waals surface area contributed by atoms with E-state index in [-0.39, 0.29) is 24.2 Å². The van der Waals surface area contributed by atoms with Crippen molar-refractivity contribution in [2.24, 2.45) is 0 Å². The van der Waals surface area contributed by atoms with E-state index in [2.05, 4.69) is 36.2 Å². The third kappa shape index (κ3) is 5.87. The lowest BCUT2D eigenvalue weighted by Crippen LogP contribution is -2.45. The Morgan fingerprint density at radius 3 is 2.45 bits per heavy atom. The summed E-state index contributed by atoms with van der Waals surface area (Å²) in [5, 5.41) is 2.89. The molecule has 29 heavy (non-hydrogen) atoms. The maximum atomic E-state index is 13.2. The minimum absolute atomic E-state index is 0.164. The van der Waals surface area contributed by atoms with Gasteiger partial charge in [0.05, 0.1) is 18.2 Å². The number of nitrogens with one attached hydrogen (secondary N) is 1. The molecule has 1 aliphatic rings. The zero-order valence-corrected chi connectivity index (χ0v) is 16.9. The fraction of sp³-hybridized carbons (Fsp3) is 0.348. The van der Waals surface area contributed by atoms with Gasteiger partial charge in [-0.15, -0.1) is 0 Å². The van der Waals surface area contributed by atoms with Crippen molar-refractivity contribution < 1.29 is 18.3 Å². The van der Waals surface area contributed by atoms with Crippen molar-refractivity contribution in [3.8, 4) is 0 Å². The third-order valence-corrected chi connectivity index (χ3v) is 4.83.